The lowest BCUT2D eigenvalue weighted by Crippen LogP contribution is -2.17. The van der Waals surface area contributed by atoms with Crippen molar-refractivity contribution >= 4 is 0 Å². The molecule has 0 aliphatic rings. The molecule has 0 aliphatic heterocycles. The first-order chi connectivity index (χ1) is 8.65. The Labute approximate surface area is 109 Å². The fraction of sp³-hybridized carbons (Fsp3) is 0.400. The summed E-state index contributed by atoms with van der Waals surface area (Å²) >= 11 is 0. The van der Waals surface area contributed by atoms with Crippen LogP contribution < -0.4 is 5.73 Å². The number of benzene rings is 1. The molecule has 0 fully saturated rings. The van der Waals surface area contributed by atoms with Gasteiger partial charge in [-0.2, -0.15) is 5.10 Å². The highest BCUT2D eigenvalue weighted by Crippen LogP contribution is 2.15. The molecule has 2 N–H and O–H groups in total. The van der Waals surface area contributed by atoms with Gasteiger partial charge in [0.1, 0.15) is 0 Å². The van der Waals surface area contributed by atoms with Crippen molar-refractivity contribution in [3.8, 4) is 0 Å². The predicted molar refractivity (Wildman–Crippen MR) is 74.1 cm³/mol. The van der Waals surface area contributed by atoms with Crippen molar-refractivity contribution in [1.82, 2.24) is 9.78 Å². The zero-order valence-corrected chi connectivity index (χ0v) is 11.1. The Morgan fingerprint density at radius 3 is 2.50 bits per heavy atom. The van der Waals surface area contributed by atoms with E-state index in [-0.39, 0.29) is 6.04 Å². The predicted octanol–water partition coefficient (Wildman–Crippen LogP) is 2.78. The molecule has 3 nitrogen and oxygen atoms in total. The molecule has 0 bridgehead atoms. The van der Waals surface area contributed by atoms with E-state index in [9.17, 15) is 0 Å². The number of hydrogen-bond donors (Lipinski definition) is 1. The summed E-state index contributed by atoms with van der Waals surface area (Å²) in [6, 6.07) is 10.5. The molecule has 0 aliphatic carbocycles. The molecule has 0 saturated carbocycles. The van der Waals surface area contributed by atoms with E-state index in [2.05, 4.69) is 43.2 Å². The van der Waals surface area contributed by atoms with Gasteiger partial charge in [-0.05, 0) is 29.5 Å². The fourth-order valence-corrected chi connectivity index (χ4v) is 2.09. The quantitative estimate of drug-likeness (QED) is 0.877. The molecule has 1 aromatic heterocycles. The smallest absolute Gasteiger partial charge is 0.0602 e. The van der Waals surface area contributed by atoms with Crippen LogP contribution in [0.15, 0.2) is 42.7 Å². The van der Waals surface area contributed by atoms with E-state index in [1.54, 1.807) is 6.20 Å². The van der Waals surface area contributed by atoms with Gasteiger partial charge < -0.3 is 5.73 Å². The van der Waals surface area contributed by atoms with E-state index in [0.29, 0.717) is 5.92 Å². The van der Waals surface area contributed by atoms with Gasteiger partial charge in [0, 0.05) is 18.4 Å². The lowest BCUT2D eigenvalue weighted by molar-refractivity contribution is 0.527. The first kappa shape index (κ1) is 12.8. The van der Waals surface area contributed by atoms with Gasteiger partial charge in [-0.25, -0.2) is 0 Å². The summed E-state index contributed by atoms with van der Waals surface area (Å²) in [6.45, 7) is 5.19. The van der Waals surface area contributed by atoms with Crippen molar-refractivity contribution < 1.29 is 0 Å². The minimum atomic E-state index is -0.00185. The Bertz CT molecular complexity index is 457. The minimum Gasteiger partial charge on any atom is -0.322 e. The molecular formula is C15H21N3. The van der Waals surface area contributed by atoms with Gasteiger partial charge >= 0.3 is 0 Å². The van der Waals surface area contributed by atoms with E-state index in [4.69, 9.17) is 5.73 Å². The normalized spacial score (nSPS) is 12.9. The highest BCUT2D eigenvalue weighted by Gasteiger charge is 2.07. The van der Waals surface area contributed by atoms with E-state index in [0.717, 1.165) is 18.5 Å². The second kappa shape index (κ2) is 5.83. The van der Waals surface area contributed by atoms with Crippen molar-refractivity contribution in [1.29, 1.82) is 0 Å². The molecule has 96 valence electrons. The molecule has 1 atom stereocenters. The van der Waals surface area contributed by atoms with E-state index >= 15 is 0 Å². The summed E-state index contributed by atoms with van der Waals surface area (Å²) in [5.41, 5.74) is 8.72. The maximum absolute atomic E-state index is 6.18. The van der Waals surface area contributed by atoms with Gasteiger partial charge in [0.2, 0.25) is 0 Å². The van der Waals surface area contributed by atoms with Gasteiger partial charge in [-0.3, -0.25) is 4.68 Å². The van der Waals surface area contributed by atoms with Crippen LogP contribution >= 0.6 is 0 Å². The van der Waals surface area contributed by atoms with E-state index in [1.807, 2.05) is 16.9 Å². The molecule has 0 saturated heterocycles. The summed E-state index contributed by atoms with van der Waals surface area (Å²) in [7, 11) is 0. The Kier molecular flexibility index (Phi) is 4.15. The lowest BCUT2D eigenvalue weighted by Gasteiger charge is -2.13. The van der Waals surface area contributed by atoms with Gasteiger partial charge in [0.25, 0.3) is 0 Å². The average Bonchev–Trinajstić information content (AvgIpc) is 2.82. The monoisotopic (exact) mass is 243 g/mol. The van der Waals surface area contributed by atoms with Crippen LogP contribution in [-0.2, 0) is 13.0 Å². The fourth-order valence-electron chi connectivity index (χ4n) is 2.09. The van der Waals surface area contributed by atoms with Crippen molar-refractivity contribution in [3.05, 3.63) is 53.9 Å². The van der Waals surface area contributed by atoms with Crippen LogP contribution in [0.25, 0.3) is 0 Å². The maximum atomic E-state index is 6.18. The second-order valence-corrected chi connectivity index (χ2v) is 5.17. The highest BCUT2D eigenvalue weighted by atomic mass is 15.3. The Hall–Kier alpha value is -1.61. The van der Waals surface area contributed by atoms with E-state index < -0.39 is 0 Å². The lowest BCUT2D eigenvalue weighted by atomic mass is 10.00. The number of hydrogen-bond acceptors (Lipinski definition) is 2. The largest absolute Gasteiger partial charge is 0.322 e. The maximum Gasteiger partial charge on any atom is 0.0602 e. The van der Waals surface area contributed by atoms with Gasteiger partial charge in [-0.1, -0.05) is 38.1 Å². The van der Waals surface area contributed by atoms with E-state index in [1.165, 1.54) is 5.56 Å². The van der Waals surface area contributed by atoms with Gasteiger partial charge in [0.05, 0.1) is 6.54 Å². The minimum absolute atomic E-state index is 0.00185. The SMILES string of the molecule is CC(C)Cc1ccc(C(N)Cn2cccn2)cc1. The zero-order valence-electron chi connectivity index (χ0n) is 11.1. The summed E-state index contributed by atoms with van der Waals surface area (Å²) < 4.78 is 1.87. The number of nitrogens with two attached hydrogens (primary N) is 1. The summed E-state index contributed by atoms with van der Waals surface area (Å²) in [6.07, 6.45) is 4.83. The molecular weight excluding hydrogens is 222 g/mol. The van der Waals surface area contributed by atoms with Gasteiger partial charge in [0.15, 0.2) is 0 Å². The first-order valence-corrected chi connectivity index (χ1v) is 6.47. The molecule has 18 heavy (non-hydrogen) atoms. The number of nitrogens with zero attached hydrogens (tertiary/aromatic N) is 2. The molecule has 1 aromatic carbocycles. The molecule has 3 heteroatoms. The summed E-state index contributed by atoms with van der Waals surface area (Å²) in [4.78, 5) is 0. The van der Waals surface area contributed by atoms with Crippen LogP contribution in [0.4, 0.5) is 0 Å². The third-order valence-corrected chi connectivity index (χ3v) is 2.99. The Morgan fingerprint density at radius 1 is 1.22 bits per heavy atom. The summed E-state index contributed by atoms with van der Waals surface area (Å²) in [5.74, 6) is 0.689. The molecule has 0 radical (unpaired) electrons. The highest BCUT2D eigenvalue weighted by molar-refractivity contribution is 5.25. The third kappa shape index (κ3) is 3.44. The molecule has 1 heterocycles. The molecule has 2 aromatic rings. The standard InChI is InChI=1S/C15H21N3/c1-12(2)10-13-4-6-14(7-5-13)15(16)11-18-9-3-8-17-18/h3-9,12,15H,10-11,16H2,1-2H3. The van der Waals surface area contributed by atoms with Crippen molar-refractivity contribution in [2.24, 2.45) is 11.7 Å². The van der Waals surface area contributed by atoms with Crippen molar-refractivity contribution in [3.63, 3.8) is 0 Å². The Balaban J connectivity index is 2.00. The number of aromatic nitrogens is 2. The molecule has 0 spiro atoms. The molecule has 0 amide bonds. The summed E-state index contributed by atoms with van der Waals surface area (Å²) in [5, 5.41) is 4.18. The van der Waals surface area contributed by atoms with Crippen LogP contribution in [0, 0.1) is 5.92 Å². The van der Waals surface area contributed by atoms with Crippen LogP contribution in [0.1, 0.15) is 31.0 Å². The van der Waals surface area contributed by atoms with Crippen molar-refractivity contribution in [2.45, 2.75) is 32.9 Å². The zero-order chi connectivity index (χ0) is 13.0. The topological polar surface area (TPSA) is 43.8 Å². The van der Waals surface area contributed by atoms with Crippen LogP contribution in [0.5, 0.6) is 0 Å². The van der Waals surface area contributed by atoms with Crippen LogP contribution in [0.3, 0.4) is 0 Å². The third-order valence-electron chi connectivity index (χ3n) is 2.99. The van der Waals surface area contributed by atoms with Crippen LogP contribution in [-0.4, -0.2) is 9.78 Å². The number of rotatable bonds is 5. The van der Waals surface area contributed by atoms with Crippen molar-refractivity contribution in [2.75, 3.05) is 0 Å². The second-order valence-electron chi connectivity index (χ2n) is 5.17. The van der Waals surface area contributed by atoms with Crippen LogP contribution in [0.2, 0.25) is 0 Å². The molecule has 1 unspecified atom stereocenters. The average molecular weight is 243 g/mol. The van der Waals surface area contributed by atoms with Gasteiger partial charge in [-0.15, -0.1) is 0 Å². The first-order valence-electron chi connectivity index (χ1n) is 6.47. The Morgan fingerprint density at radius 2 is 1.94 bits per heavy atom. The molecule has 2 rings (SSSR count).